The van der Waals surface area contributed by atoms with Gasteiger partial charge in [0.1, 0.15) is 6.04 Å². The fourth-order valence-electron chi connectivity index (χ4n) is 2.82. The molecule has 28 heavy (non-hydrogen) atoms. The van der Waals surface area contributed by atoms with Crippen LogP contribution in [0.15, 0.2) is 82.6 Å². The van der Waals surface area contributed by atoms with Gasteiger partial charge in [0.15, 0.2) is 11.5 Å². The fraction of sp³-hybridized carbons (Fsp3) is 0.136. The van der Waals surface area contributed by atoms with Gasteiger partial charge in [0, 0.05) is 21.5 Å². The summed E-state index contributed by atoms with van der Waals surface area (Å²) in [6, 6.07) is 23.0. The summed E-state index contributed by atoms with van der Waals surface area (Å²) in [6.45, 7) is 2.05. The molecule has 0 aromatic heterocycles. The van der Waals surface area contributed by atoms with Crippen molar-refractivity contribution in [2.75, 3.05) is 17.4 Å². The molecule has 5 nitrogen and oxygen atoms in total. The second-order valence-electron chi connectivity index (χ2n) is 6.33. The molecule has 0 spiro atoms. The van der Waals surface area contributed by atoms with Crippen molar-refractivity contribution in [1.82, 2.24) is 0 Å². The molecule has 0 bridgehead atoms. The van der Waals surface area contributed by atoms with Crippen LogP contribution < -0.4 is 20.1 Å². The number of carbonyl (C=O) groups is 1. The van der Waals surface area contributed by atoms with E-state index < -0.39 is 6.04 Å². The summed E-state index contributed by atoms with van der Waals surface area (Å²) >= 11 is 1.62. The molecule has 3 aromatic rings. The topological polar surface area (TPSA) is 59.6 Å². The Morgan fingerprint density at radius 2 is 1.71 bits per heavy atom. The lowest BCUT2D eigenvalue weighted by Crippen LogP contribution is -2.32. The summed E-state index contributed by atoms with van der Waals surface area (Å²) in [6.07, 6.45) is 0. The predicted molar refractivity (Wildman–Crippen MR) is 111 cm³/mol. The minimum absolute atomic E-state index is 0.112. The van der Waals surface area contributed by atoms with Gasteiger partial charge >= 0.3 is 0 Å². The van der Waals surface area contributed by atoms with Crippen molar-refractivity contribution in [3.05, 3.63) is 72.8 Å². The molecule has 0 saturated heterocycles. The average Bonchev–Trinajstić information content (AvgIpc) is 3.18. The normalized spacial score (nSPS) is 13.0. The van der Waals surface area contributed by atoms with Crippen molar-refractivity contribution in [1.29, 1.82) is 0 Å². The number of para-hydroxylation sites is 1. The van der Waals surface area contributed by atoms with E-state index in [1.807, 2.05) is 79.7 Å². The highest BCUT2D eigenvalue weighted by Gasteiger charge is 2.17. The van der Waals surface area contributed by atoms with Gasteiger partial charge in [-0.2, -0.15) is 0 Å². The molecule has 1 amide bonds. The Balaban J connectivity index is 1.43. The molecule has 0 aliphatic carbocycles. The molecule has 4 rings (SSSR count). The van der Waals surface area contributed by atoms with Crippen molar-refractivity contribution < 1.29 is 14.3 Å². The lowest BCUT2D eigenvalue weighted by Gasteiger charge is -2.17. The van der Waals surface area contributed by atoms with Crippen LogP contribution in [0.2, 0.25) is 0 Å². The molecule has 0 fully saturated rings. The molecule has 0 radical (unpaired) electrons. The van der Waals surface area contributed by atoms with Crippen molar-refractivity contribution in [3.63, 3.8) is 0 Å². The molecule has 3 aromatic carbocycles. The van der Waals surface area contributed by atoms with Crippen LogP contribution in [-0.4, -0.2) is 18.7 Å². The molecular weight excluding hydrogens is 372 g/mol. The van der Waals surface area contributed by atoms with Gasteiger partial charge in [-0.25, -0.2) is 0 Å². The maximum atomic E-state index is 12.7. The first-order valence-corrected chi connectivity index (χ1v) is 9.80. The van der Waals surface area contributed by atoms with Crippen LogP contribution in [0, 0.1) is 0 Å². The van der Waals surface area contributed by atoms with Gasteiger partial charge in [-0.3, -0.25) is 4.79 Å². The highest BCUT2D eigenvalue weighted by atomic mass is 32.2. The Morgan fingerprint density at radius 1 is 0.964 bits per heavy atom. The van der Waals surface area contributed by atoms with E-state index in [2.05, 4.69) is 10.6 Å². The van der Waals surface area contributed by atoms with Gasteiger partial charge in [-0.05, 0) is 43.3 Å². The minimum atomic E-state index is -0.421. The number of nitrogens with one attached hydrogen (secondary N) is 2. The van der Waals surface area contributed by atoms with Crippen molar-refractivity contribution in [2.24, 2.45) is 0 Å². The molecule has 1 aliphatic rings. The van der Waals surface area contributed by atoms with Crippen molar-refractivity contribution in [2.45, 2.75) is 22.8 Å². The highest BCUT2D eigenvalue weighted by Crippen LogP contribution is 2.35. The SMILES string of the molecule is CC(Nc1ccc2c(c1)OCO2)C(=O)Nc1ccccc1Sc1ccccc1. The van der Waals surface area contributed by atoms with Gasteiger partial charge in [0.2, 0.25) is 12.7 Å². The first-order chi connectivity index (χ1) is 13.7. The molecule has 2 N–H and O–H groups in total. The standard InChI is InChI=1S/C22H20N2O3S/c1-15(23-16-11-12-19-20(13-16)27-14-26-19)22(25)24-18-9-5-6-10-21(18)28-17-7-3-2-4-8-17/h2-13,15,23H,14H2,1H3,(H,24,25). The third-order valence-electron chi connectivity index (χ3n) is 4.26. The van der Waals surface area contributed by atoms with Crippen LogP contribution in [0.4, 0.5) is 11.4 Å². The fourth-order valence-corrected chi connectivity index (χ4v) is 3.74. The van der Waals surface area contributed by atoms with E-state index >= 15 is 0 Å². The summed E-state index contributed by atoms with van der Waals surface area (Å²) in [5.41, 5.74) is 1.60. The number of rotatable bonds is 6. The lowest BCUT2D eigenvalue weighted by molar-refractivity contribution is -0.116. The molecule has 142 valence electrons. The van der Waals surface area contributed by atoms with Crippen LogP contribution in [0.1, 0.15) is 6.92 Å². The van der Waals surface area contributed by atoms with E-state index in [1.54, 1.807) is 11.8 Å². The molecule has 1 unspecified atom stereocenters. The van der Waals surface area contributed by atoms with Crippen LogP contribution in [0.5, 0.6) is 11.5 Å². The Kier molecular flexibility index (Phi) is 5.39. The Morgan fingerprint density at radius 3 is 2.57 bits per heavy atom. The molecular formula is C22H20N2O3S. The van der Waals surface area contributed by atoms with Crippen LogP contribution in [0.25, 0.3) is 0 Å². The number of fused-ring (bicyclic) bond motifs is 1. The number of hydrogen-bond acceptors (Lipinski definition) is 5. The van der Waals surface area contributed by atoms with E-state index in [9.17, 15) is 4.79 Å². The number of carbonyl (C=O) groups excluding carboxylic acids is 1. The third-order valence-corrected chi connectivity index (χ3v) is 5.35. The maximum Gasteiger partial charge on any atom is 0.246 e. The van der Waals surface area contributed by atoms with Gasteiger partial charge in [-0.1, -0.05) is 42.1 Å². The van der Waals surface area contributed by atoms with E-state index in [-0.39, 0.29) is 12.7 Å². The zero-order chi connectivity index (χ0) is 19.3. The summed E-state index contributed by atoms with van der Waals surface area (Å²) in [5.74, 6) is 1.29. The van der Waals surface area contributed by atoms with Crippen molar-refractivity contribution in [3.8, 4) is 11.5 Å². The van der Waals surface area contributed by atoms with E-state index in [1.165, 1.54) is 0 Å². The number of hydrogen-bond donors (Lipinski definition) is 2. The molecule has 1 heterocycles. The molecule has 6 heteroatoms. The molecule has 1 aliphatic heterocycles. The summed E-state index contributed by atoms with van der Waals surface area (Å²) < 4.78 is 10.7. The van der Waals surface area contributed by atoms with Crippen LogP contribution in [0.3, 0.4) is 0 Å². The maximum absolute atomic E-state index is 12.7. The minimum Gasteiger partial charge on any atom is -0.454 e. The van der Waals surface area contributed by atoms with Gasteiger partial charge in [0.25, 0.3) is 0 Å². The number of ether oxygens (including phenoxy) is 2. The van der Waals surface area contributed by atoms with E-state index in [0.717, 1.165) is 26.9 Å². The first kappa shape index (κ1) is 18.3. The quantitative estimate of drug-likeness (QED) is 0.618. The van der Waals surface area contributed by atoms with Crippen LogP contribution in [-0.2, 0) is 4.79 Å². The number of amides is 1. The zero-order valence-corrected chi connectivity index (χ0v) is 16.2. The molecule has 1 atom stereocenters. The van der Waals surface area contributed by atoms with Crippen molar-refractivity contribution >= 4 is 29.0 Å². The summed E-state index contributed by atoms with van der Waals surface area (Å²) in [4.78, 5) is 14.8. The predicted octanol–water partition coefficient (Wildman–Crippen LogP) is 5.01. The highest BCUT2D eigenvalue weighted by molar-refractivity contribution is 7.99. The Labute approximate surface area is 168 Å². The summed E-state index contributed by atoms with van der Waals surface area (Å²) in [5, 5.41) is 6.23. The van der Waals surface area contributed by atoms with Crippen LogP contribution >= 0.6 is 11.8 Å². The average molecular weight is 392 g/mol. The largest absolute Gasteiger partial charge is 0.454 e. The van der Waals surface area contributed by atoms with Gasteiger partial charge in [0.05, 0.1) is 5.69 Å². The lowest BCUT2D eigenvalue weighted by atomic mass is 10.2. The van der Waals surface area contributed by atoms with Gasteiger partial charge in [-0.15, -0.1) is 0 Å². The van der Waals surface area contributed by atoms with E-state index in [4.69, 9.17) is 9.47 Å². The van der Waals surface area contributed by atoms with E-state index in [0.29, 0.717) is 5.75 Å². The third kappa shape index (κ3) is 4.23. The second kappa shape index (κ2) is 8.27. The smallest absolute Gasteiger partial charge is 0.246 e. The Bertz CT molecular complexity index is 979. The summed E-state index contributed by atoms with van der Waals surface area (Å²) in [7, 11) is 0. The Hall–Kier alpha value is -3.12. The second-order valence-corrected chi connectivity index (χ2v) is 7.45. The number of benzene rings is 3. The molecule has 0 saturated carbocycles. The first-order valence-electron chi connectivity index (χ1n) is 8.98. The zero-order valence-electron chi connectivity index (χ0n) is 15.3. The van der Waals surface area contributed by atoms with Gasteiger partial charge < -0.3 is 20.1 Å². The number of anilines is 2. The monoisotopic (exact) mass is 392 g/mol.